The molecule has 1 aliphatic heterocycles. The SMILES string of the molecule is CCC(C)NC(=O)CN1CCN(C(=O)Cc2cnn(-c3ccccc3)c2)CC1. The molecule has 0 radical (unpaired) electrons. The lowest BCUT2D eigenvalue weighted by Gasteiger charge is -2.34. The van der Waals surface area contributed by atoms with Crippen molar-refractivity contribution in [1.29, 1.82) is 0 Å². The number of para-hydroxylation sites is 1. The van der Waals surface area contributed by atoms with Gasteiger partial charge in [-0.1, -0.05) is 25.1 Å². The Hall–Kier alpha value is -2.67. The molecule has 1 aromatic heterocycles. The number of rotatable bonds is 7. The van der Waals surface area contributed by atoms with E-state index in [2.05, 4.69) is 22.2 Å². The maximum Gasteiger partial charge on any atom is 0.234 e. The topological polar surface area (TPSA) is 70.5 Å². The van der Waals surface area contributed by atoms with E-state index in [0.29, 0.717) is 26.1 Å². The minimum atomic E-state index is 0.0578. The third kappa shape index (κ3) is 5.42. The third-order valence-corrected chi connectivity index (χ3v) is 5.12. The number of amides is 2. The van der Waals surface area contributed by atoms with Gasteiger partial charge in [-0.3, -0.25) is 14.5 Å². The Morgan fingerprint density at radius 2 is 1.86 bits per heavy atom. The normalized spacial score (nSPS) is 16.0. The highest BCUT2D eigenvalue weighted by atomic mass is 16.2. The number of benzene rings is 1. The number of carbonyl (C=O) groups excluding carboxylic acids is 2. The van der Waals surface area contributed by atoms with Crippen molar-refractivity contribution in [1.82, 2.24) is 24.9 Å². The van der Waals surface area contributed by atoms with Gasteiger partial charge in [-0.2, -0.15) is 5.10 Å². The van der Waals surface area contributed by atoms with Crippen LogP contribution in [0.3, 0.4) is 0 Å². The molecule has 150 valence electrons. The number of hydrogen-bond acceptors (Lipinski definition) is 4. The molecule has 2 aromatic rings. The summed E-state index contributed by atoms with van der Waals surface area (Å²) in [5, 5.41) is 7.34. The molecular formula is C21H29N5O2. The van der Waals surface area contributed by atoms with E-state index in [-0.39, 0.29) is 17.9 Å². The fourth-order valence-corrected chi connectivity index (χ4v) is 3.24. The predicted octanol–water partition coefficient (Wildman–Crippen LogP) is 1.47. The van der Waals surface area contributed by atoms with Crippen LogP contribution in [-0.4, -0.2) is 70.2 Å². The largest absolute Gasteiger partial charge is 0.353 e. The molecule has 0 saturated carbocycles. The Morgan fingerprint density at radius 3 is 2.54 bits per heavy atom. The van der Waals surface area contributed by atoms with Gasteiger partial charge in [0.05, 0.1) is 24.8 Å². The van der Waals surface area contributed by atoms with Crippen LogP contribution in [0.4, 0.5) is 0 Å². The van der Waals surface area contributed by atoms with Gasteiger partial charge in [0.15, 0.2) is 0 Å². The fourth-order valence-electron chi connectivity index (χ4n) is 3.24. The van der Waals surface area contributed by atoms with E-state index >= 15 is 0 Å². The predicted molar refractivity (Wildman–Crippen MR) is 108 cm³/mol. The van der Waals surface area contributed by atoms with Crippen molar-refractivity contribution in [2.75, 3.05) is 32.7 Å². The van der Waals surface area contributed by atoms with Gasteiger partial charge in [0.1, 0.15) is 0 Å². The number of piperazine rings is 1. The smallest absolute Gasteiger partial charge is 0.234 e. The summed E-state index contributed by atoms with van der Waals surface area (Å²) in [5.74, 6) is 0.166. The Bertz CT molecular complexity index is 781. The molecule has 2 heterocycles. The molecule has 7 nitrogen and oxygen atoms in total. The van der Waals surface area contributed by atoms with Gasteiger partial charge in [0, 0.05) is 38.4 Å². The lowest BCUT2D eigenvalue weighted by Crippen LogP contribution is -2.52. The molecule has 2 amide bonds. The van der Waals surface area contributed by atoms with Crippen molar-refractivity contribution < 1.29 is 9.59 Å². The summed E-state index contributed by atoms with van der Waals surface area (Å²) in [5.41, 5.74) is 1.88. The molecule has 1 aromatic carbocycles. The minimum absolute atomic E-state index is 0.0578. The van der Waals surface area contributed by atoms with Gasteiger partial charge in [-0.15, -0.1) is 0 Å². The van der Waals surface area contributed by atoms with Gasteiger partial charge in [0.25, 0.3) is 0 Å². The zero-order chi connectivity index (χ0) is 19.9. The van der Waals surface area contributed by atoms with E-state index in [1.165, 1.54) is 0 Å². The molecule has 1 aliphatic rings. The van der Waals surface area contributed by atoms with Crippen LogP contribution in [0.5, 0.6) is 0 Å². The van der Waals surface area contributed by atoms with Crippen molar-refractivity contribution in [3.05, 3.63) is 48.3 Å². The first-order valence-corrected chi connectivity index (χ1v) is 9.93. The second-order valence-electron chi connectivity index (χ2n) is 7.34. The molecule has 28 heavy (non-hydrogen) atoms. The second kappa shape index (κ2) is 9.50. The van der Waals surface area contributed by atoms with E-state index in [1.807, 2.05) is 48.4 Å². The van der Waals surface area contributed by atoms with Crippen LogP contribution in [0.15, 0.2) is 42.7 Å². The van der Waals surface area contributed by atoms with Gasteiger partial charge in [-0.25, -0.2) is 4.68 Å². The van der Waals surface area contributed by atoms with Crippen molar-refractivity contribution in [3.63, 3.8) is 0 Å². The highest BCUT2D eigenvalue weighted by molar-refractivity contribution is 5.79. The molecule has 1 saturated heterocycles. The quantitative estimate of drug-likeness (QED) is 0.786. The van der Waals surface area contributed by atoms with Crippen molar-refractivity contribution in [2.45, 2.75) is 32.7 Å². The van der Waals surface area contributed by atoms with E-state index in [0.717, 1.165) is 30.8 Å². The maximum atomic E-state index is 12.6. The van der Waals surface area contributed by atoms with Crippen LogP contribution in [0.25, 0.3) is 5.69 Å². The molecule has 7 heteroatoms. The summed E-state index contributed by atoms with van der Waals surface area (Å²) in [6, 6.07) is 10.1. The van der Waals surface area contributed by atoms with E-state index in [9.17, 15) is 9.59 Å². The molecule has 0 aliphatic carbocycles. The van der Waals surface area contributed by atoms with Crippen molar-refractivity contribution >= 4 is 11.8 Å². The molecular weight excluding hydrogens is 354 g/mol. The van der Waals surface area contributed by atoms with Crippen LogP contribution >= 0.6 is 0 Å². The Labute approximate surface area is 166 Å². The molecule has 1 fully saturated rings. The summed E-state index contributed by atoms with van der Waals surface area (Å²) >= 11 is 0. The average molecular weight is 383 g/mol. The van der Waals surface area contributed by atoms with Crippen molar-refractivity contribution in [3.8, 4) is 5.69 Å². The zero-order valence-corrected chi connectivity index (χ0v) is 16.7. The molecule has 1 atom stereocenters. The lowest BCUT2D eigenvalue weighted by atomic mass is 10.2. The number of nitrogens with zero attached hydrogens (tertiary/aromatic N) is 4. The highest BCUT2D eigenvalue weighted by Gasteiger charge is 2.23. The summed E-state index contributed by atoms with van der Waals surface area (Å²) in [4.78, 5) is 28.6. The number of nitrogens with one attached hydrogen (secondary N) is 1. The number of aromatic nitrogens is 2. The number of carbonyl (C=O) groups is 2. The lowest BCUT2D eigenvalue weighted by molar-refractivity contribution is -0.132. The van der Waals surface area contributed by atoms with Gasteiger partial charge >= 0.3 is 0 Å². The fraction of sp³-hybridized carbons (Fsp3) is 0.476. The Kier molecular flexibility index (Phi) is 6.81. The summed E-state index contributed by atoms with van der Waals surface area (Å²) in [7, 11) is 0. The van der Waals surface area contributed by atoms with Gasteiger partial charge in [-0.05, 0) is 31.0 Å². The van der Waals surface area contributed by atoms with Gasteiger partial charge < -0.3 is 10.2 Å². The first kappa shape index (κ1) is 20.1. The third-order valence-electron chi connectivity index (χ3n) is 5.12. The van der Waals surface area contributed by atoms with Crippen molar-refractivity contribution in [2.24, 2.45) is 0 Å². The average Bonchev–Trinajstić information content (AvgIpc) is 3.17. The Balaban J connectivity index is 1.45. The Morgan fingerprint density at radius 1 is 1.14 bits per heavy atom. The summed E-state index contributed by atoms with van der Waals surface area (Å²) < 4.78 is 1.79. The number of hydrogen-bond donors (Lipinski definition) is 1. The standard InChI is InChI=1S/C21H29N5O2/c1-3-17(2)23-20(27)16-24-9-11-25(12-10-24)21(28)13-18-14-22-26(15-18)19-7-5-4-6-8-19/h4-8,14-15,17H,3,9-13,16H2,1-2H3,(H,23,27). The first-order chi connectivity index (χ1) is 13.5. The zero-order valence-electron chi connectivity index (χ0n) is 16.7. The molecule has 0 spiro atoms. The molecule has 0 bridgehead atoms. The summed E-state index contributed by atoms with van der Waals surface area (Å²) in [6.45, 7) is 7.22. The summed E-state index contributed by atoms with van der Waals surface area (Å²) in [6.07, 6.45) is 4.93. The molecule has 3 rings (SSSR count). The second-order valence-corrected chi connectivity index (χ2v) is 7.34. The van der Waals surface area contributed by atoms with Crippen LogP contribution in [0.1, 0.15) is 25.8 Å². The van der Waals surface area contributed by atoms with Crippen LogP contribution < -0.4 is 5.32 Å². The maximum absolute atomic E-state index is 12.6. The minimum Gasteiger partial charge on any atom is -0.353 e. The van der Waals surface area contributed by atoms with Crippen LogP contribution in [-0.2, 0) is 16.0 Å². The van der Waals surface area contributed by atoms with E-state index in [1.54, 1.807) is 10.9 Å². The molecule has 1 N–H and O–H groups in total. The van der Waals surface area contributed by atoms with Crippen LogP contribution in [0, 0.1) is 0 Å². The first-order valence-electron chi connectivity index (χ1n) is 9.93. The monoisotopic (exact) mass is 383 g/mol. The highest BCUT2D eigenvalue weighted by Crippen LogP contribution is 2.10. The van der Waals surface area contributed by atoms with E-state index in [4.69, 9.17) is 0 Å². The van der Waals surface area contributed by atoms with Gasteiger partial charge in [0.2, 0.25) is 11.8 Å². The molecule has 1 unspecified atom stereocenters. The van der Waals surface area contributed by atoms with E-state index < -0.39 is 0 Å². The van der Waals surface area contributed by atoms with Crippen LogP contribution in [0.2, 0.25) is 0 Å².